The number of thioether (sulfide) groups is 1. The van der Waals surface area contributed by atoms with E-state index < -0.39 is 0 Å². The lowest BCUT2D eigenvalue weighted by Crippen LogP contribution is -2.14. The topological polar surface area (TPSA) is 42.0 Å². The highest BCUT2D eigenvalue weighted by Gasteiger charge is 2.04. The van der Waals surface area contributed by atoms with Gasteiger partial charge in [0.05, 0.1) is 10.8 Å². The minimum absolute atomic E-state index is 0.140. The van der Waals surface area contributed by atoms with Crippen LogP contribution in [0.15, 0.2) is 47.6 Å². The second kappa shape index (κ2) is 6.33. The van der Waals surface area contributed by atoms with Crippen LogP contribution in [0.4, 0.5) is 10.1 Å². The van der Waals surface area contributed by atoms with E-state index in [0.717, 1.165) is 10.6 Å². The zero-order chi connectivity index (χ0) is 13.7. The number of nitrogens with zero attached hydrogens (tertiary/aromatic N) is 1. The molecule has 0 saturated carbocycles. The Bertz CT molecular complexity index is 555. The normalized spacial score (nSPS) is 10.2. The van der Waals surface area contributed by atoms with Crippen LogP contribution in [0.25, 0.3) is 0 Å². The van der Waals surface area contributed by atoms with Crippen molar-refractivity contribution in [3.63, 3.8) is 0 Å². The van der Waals surface area contributed by atoms with Gasteiger partial charge >= 0.3 is 0 Å². The Labute approximate surface area is 115 Å². The van der Waals surface area contributed by atoms with Gasteiger partial charge in [0.15, 0.2) is 0 Å². The Hall–Kier alpha value is -1.88. The maximum Gasteiger partial charge on any atom is 0.234 e. The van der Waals surface area contributed by atoms with Gasteiger partial charge in [-0.3, -0.25) is 4.79 Å². The monoisotopic (exact) mass is 276 g/mol. The second-order valence-corrected chi connectivity index (χ2v) is 5.01. The number of nitrogens with one attached hydrogen (secondary N) is 1. The van der Waals surface area contributed by atoms with Gasteiger partial charge in [-0.2, -0.15) is 0 Å². The Morgan fingerprint density at radius 2 is 2.00 bits per heavy atom. The fourth-order valence-electron chi connectivity index (χ4n) is 1.41. The van der Waals surface area contributed by atoms with Crippen molar-refractivity contribution < 1.29 is 9.18 Å². The standard InChI is InChI=1S/C14H13FN2OS/c1-10-2-7-14(16-8-10)19-9-13(18)17-12-5-3-11(15)4-6-12/h2-8H,9H2,1H3,(H,17,18). The van der Waals surface area contributed by atoms with E-state index in [1.54, 1.807) is 6.20 Å². The fraction of sp³-hybridized carbons (Fsp3) is 0.143. The third kappa shape index (κ3) is 4.37. The fourth-order valence-corrected chi connectivity index (χ4v) is 2.05. The van der Waals surface area contributed by atoms with Gasteiger partial charge in [0.2, 0.25) is 5.91 Å². The summed E-state index contributed by atoms with van der Waals surface area (Å²) >= 11 is 1.36. The molecule has 0 spiro atoms. The predicted octanol–water partition coefficient (Wildman–Crippen LogP) is 3.26. The molecule has 1 aromatic heterocycles. The number of pyridine rings is 1. The summed E-state index contributed by atoms with van der Waals surface area (Å²) in [5.74, 6) is -0.191. The van der Waals surface area contributed by atoms with Crippen molar-refractivity contribution in [3.8, 4) is 0 Å². The van der Waals surface area contributed by atoms with Gasteiger partial charge in [0.1, 0.15) is 5.82 Å². The third-order valence-corrected chi connectivity index (χ3v) is 3.31. The lowest BCUT2D eigenvalue weighted by atomic mass is 10.3. The van der Waals surface area contributed by atoms with Crippen LogP contribution >= 0.6 is 11.8 Å². The van der Waals surface area contributed by atoms with Crippen LogP contribution < -0.4 is 5.32 Å². The summed E-state index contributed by atoms with van der Waals surface area (Å²) in [6.45, 7) is 1.96. The van der Waals surface area contributed by atoms with Gasteiger partial charge in [-0.1, -0.05) is 17.8 Å². The summed E-state index contributed by atoms with van der Waals surface area (Å²) in [4.78, 5) is 15.9. The van der Waals surface area contributed by atoms with Crippen molar-refractivity contribution in [2.24, 2.45) is 0 Å². The first kappa shape index (κ1) is 13.5. The highest BCUT2D eigenvalue weighted by atomic mass is 32.2. The molecule has 0 fully saturated rings. The number of hydrogen-bond acceptors (Lipinski definition) is 3. The van der Waals surface area contributed by atoms with Crippen LogP contribution in [0.5, 0.6) is 0 Å². The molecule has 2 aromatic rings. The zero-order valence-electron chi connectivity index (χ0n) is 10.4. The zero-order valence-corrected chi connectivity index (χ0v) is 11.2. The van der Waals surface area contributed by atoms with Gasteiger partial charge in [0.25, 0.3) is 0 Å². The molecule has 0 aliphatic carbocycles. The van der Waals surface area contributed by atoms with Gasteiger partial charge in [-0.25, -0.2) is 9.37 Å². The van der Waals surface area contributed by atoms with Crippen molar-refractivity contribution in [2.45, 2.75) is 11.9 Å². The van der Waals surface area contributed by atoms with E-state index in [0.29, 0.717) is 5.69 Å². The minimum Gasteiger partial charge on any atom is -0.325 e. The summed E-state index contributed by atoms with van der Waals surface area (Å²) in [7, 11) is 0. The van der Waals surface area contributed by atoms with Gasteiger partial charge in [0, 0.05) is 11.9 Å². The average molecular weight is 276 g/mol. The molecule has 0 saturated heterocycles. The molecule has 0 bridgehead atoms. The number of carbonyl (C=O) groups is 1. The summed E-state index contributed by atoms with van der Waals surface area (Å²) < 4.78 is 12.7. The maximum absolute atomic E-state index is 12.7. The van der Waals surface area contributed by atoms with Crippen molar-refractivity contribution in [1.82, 2.24) is 4.98 Å². The Morgan fingerprint density at radius 3 is 2.63 bits per heavy atom. The molecule has 2 rings (SSSR count). The molecule has 0 atom stereocenters. The third-order valence-electron chi connectivity index (χ3n) is 2.36. The SMILES string of the molecule is Cc1ccc(SCC(=O)Nc2ccc(F)cc2)nc1. The molecule has 0 aliphatic rings. The molecule has 5 heteroatoms. The van der Waals surface area contributed by atoms with Crippen LogP contribution in [0.3, 0.4) is 0 Å². The van der Waals surface area contributed by atoms with E-state index in [1.807, 2.05) is 19.1 Å². The van der Waals surface area contributed by atoms with Crippen molar-refractivity contribution in [1.29, 1.82) is 0 Å². The molecular weight excluding hydrogens is 263 g/mol. The number of amides is 1. The number of aromatic nitrogens is 1. The number of aryl methyl sites for hydroxylation is 1. The van der Waals surface area contributed by atoms with E-state index in [-0.39, 0.29) is 17.5 Å². The molecule has 1 amide bonds. The van der Waals surface area contributed by atoms with E-state index in [9.17, 15) is 9.18 Å². The first-order chi connectivity index (χ1) is 9.13. The molecule has 3 nitrogen and oxygen atoms in total. The first-order valence-corrected chi connectivity index (χ1v) is 6.73. The highest BCUT2D eigenvalue weighted by Crippen LogP contribution is 2.16. The predicted molar refractivity (Wildman–Crippen MR) is 74.7 cm³/mol. The molecule has 0 unspecified atom stereocenters. The molecule has 0 aliphatic heterocycles. The Balaban J connectivity index is 1.84. The van der Waals surface area contributed by atoms with Crippen molar-refractivity contribution >= 4 is 23.4 Å². The van der Waals surface area contributed by atoms with Crippen LogP contribution in [-0.4, -0.2) is 16.6 Å². The maximum atomic E-state index is 12.7. The van der Waals surface area contributed by atoms with Crippen molar-refractivity contribution in [2.75, 3.05) is 11.1 Å². The number of carbonyl (C=O) groups excluding carboxylic acids is 1. The molecular formula is C14H13FN2OS. The van der Waals surface area contributed by atoms with E-state index in [2.05, 4.69) is 10.3 Å². The summed E-state index contributed by atoms with van der Waals surface area (Å²) in [5.41, 5.74) is 1.67. The molecule has 19 heavy (non-hydrogen) atoms. The quantitative estimate of drug-likeness (QED) is 0.872. The number of rotatable bonds is 4. The van der Waals surface area contributed by atoms with Gasteiger partial charge in [-0.15, -0.1) is 0 Å². The number of benzene rings is 1. The smallest absolute Gasteiger partial charge is 0.234 e. The van der Waals surface area contributed by atoms with Gasteiger partial charge < -0.3 is 5.32 Å². The summed E-state index contributed by atoms with van der Waals surface area (Å²) in [6.07, 6.45) is 1.76. The molecule has 1 N–H and O–H groups in total. The van der Waals surface area contributed by atoms with E-state index in [4.69, 9.17) is 0 Å². The van der Waals surface area contributed by atoms with Gasteiger partial charge in [-0.05, 0) is 42.8 Å². The largest absolute Gasteiger partial charge is 0.325 e. The highest BCUT2D eigenvalue weighted by molar-refractivity contribution is 7.99. The number of halogens is 1. The Kier molecular flexibility index (Phi) is 4.52. The molecule has 1 aromatic carbocycles. The van der Waals surface area contributed by atoms with E-state index >= 15 is 0 Å². The van der Waals surface area contributed by atoms with Crippen molar-refractivity contribution in [3.05, 3.63) is 54.0 Å². The minimum atomic E-state index is -0.323. The van der Waals surface area contributed by atoms with E-state index in [1.165, 1.54) is 36.0 Å². The van der Waals surface area contributed by atoms with Crippen LogP contribution in [-0.2, 0) is 4.79 Å². The first-order valence-electron chi connectivity index (χ1n) is 5.74. The lowest BCUT2D eigenvalue weighted by molar-refractivity contribution is -0.113. The molecule has 0 radical (unpaired) electrons. The summed E-state index contributed by atoms with van der Waals surface area (Å²) in [6, 6.07) is 9.51. The average Bonchev–Trinajstić information content (AvgIpc) is 2.41. The lowest BCUT2D eigenvalue weighted by Gasteiger charge is -2.04. The van der Waals surface area contributed by atoms with Crippen LogP contribution in [0, 0.1) is 12.7 Å². The van der Waals surface area contributed by atoms with Crippen LogP contribution in [0.2, 0.25) is 0 Å². The summed E-state index contributed by atoms with van der Waals surface area (Å²) in [5, 5.41) is 3.50. The number of anilines is 1. The Morgan fingerprint density at radius 1 is 1.26 bits per heavy atom. The molecule has 1 heterocycles. The number of hydrogen-bond donors (Lipinski definition) is 1. The molecule has 98 valence electrons. The second-order valence-electron chi connectivity index (χ2n) is 4.02. The van der Waals surface area contributed by atoms with Crippen LogP contribution in [0.1, 0.15) is 5.56 Å².